The number of benzene rings is 1. The van der Waals surface area contributed by atoms with Crippen molar-refractivity contribution in [1.82, 2.24) is 4.98 Å². The standard InChI is InChI=1S/C13H14N2/c14-8-7-11-4-3-5-12(10-11)13-6-1-2-9-15-13/h1-6,9-10H,7-8,14H2. The highest BCUT2D eigenvalue weighted by molar-refractivity contribution is 5.59. The Morgan fingerprint density at radius 1 is 1.07 bits per heavy atom. The molecule has 1 heterocycles. The monoisotopic (exact) mass is 198 g/mol. The van der Waals surface area contributed by atoms with Gasteiger partial charge in [0, 0.05) is 11.8 Å². The summed E-state index contributed by atoms with van der Waals surface area (Å²) in [7, 11) is 0. The number of hydrogen-bond donors (Lipinski definition) is 1. The maximum Gasteiger partial charge on any atom is 0.0702 e. The number of rotatable bonds is 3. The summed E-state index contributed by atoms with van der Waals surface area (Å²) < 4.78 is 0. The number of nitrogens with zero attached hydrogens (tertiary/aromatic N) is 1. The molecule has 0 spiro atoms. The molecule has 1 aromatic heterocycles. The van der Waals surface area contributed by atoms with Crippen LogP contribution < -0.4 is 5.73 Å². The fourth-order valence-electron chi connectivity index (χ4n) is 1.59. The fourth-order valence-corrected chi connectivity index (χ4v) is 1.59. The van der Waals surface area contributed by atoms with E-state index in [-0.39, 0.29) is 0 Å². The predicted octanol–water partition coefficient (Wildman–Crippen LogP) is 2.25. The molecule has 2 aromatic rings. The molecule has 2 rings (SSSR count). The summed E-state index contributed by atoms with van der Waals surface area (Å²) in [4.78, 5) is 4.32. The van der Waals surface area contributed by atoms with Gasteiger partial charge in [-0.1, -0.05) is 24.3 Å². The fraction of sp³-hybridized carbons (Fsp3) is 0.154. The quantitative estimate of drug-likeness (QED) is 0.821. The molecule has 0 aliphatic heterocycles. The molecule has 0 aliphatic carbocycles. The molecule has 1 aromatic carbocycles. The summed E-state index contributed by atoms with van der Waals surface area (Å²) in [5, 5.41) is 0. The summed E-state index contributed by atoms with van der Waals surface area (Å²) in [5.74, 6) is 0. The molecule has 0 fully saturated rings. The van der Waals surface area contributed by atoms with Crippen LogP contribution in [0.2, 0.25) is 0 Å². The average Bonchev–Trinajstić information content (AvgIpc) is 2.31. The van der Waals surface area contributed by atoms with Gasteiger partial charge in [-0.15, -0.1) is 0 Å². The summed E-state index contributed by atoms with van der Waals surface area (Å²) in [6.45, 7) is 0.686. The summed E-state index contributed by atoms with van der Waals surface area (Å²) in [6.07, 6.45) is 2.73. The van der Waals surface area contributed by atoms with Gasteiger partial charge >= 0.3 is 0 Å². The summed E-state index contributed by atoms with van der Waals surface area (Å²) in [6, 6.07) is 14.3. The van der Waals surface area contributed by atoms with Crippen LogP contribution in [0.25, 0.3) is 11.3 Å². The molecule has 0 saturated carbocycles. The lowest BCUT2D eigenvalue weighted by molar-refractivity contribution is 0.969. The third-order valence-corrected chi connectivity index (χ3v) is 2.32. The van der Waals surface area contributed by atoms with Crippen molar-refractivity contribution >= 4 is 0 Å². The zero-order valence-corrected chi connectivity index (χ0v) is 8.56. The molecule has 0 atom stereocenters. The van der Waals surface area contributed by atoms with Crippen LogP contribution in [0.1, 0.15) is 5.56 Å². The van der Waals surface area contributed by atoms with E-state index in [1.165, 1.54) is 5.56 Å². The maximum atomic E-state index is 5.53. The first-order valence-electron chi connectivity index (χ1n) is 5.10. The minimum absolute atomic E-state index is 0.686. The van der Waals surface area contributed by atoms with Crippen LogP contribution in [0.5, 0.6) is 0 Å². The van der Waals surface area contributed by atoms with Crippen LogP contribution in [0.15, 0.2) is 48.7 Å². The van der Waals surface area contributed by atoms with E-state index >= 15 is 0 Å². The van der Waals surface area contributed by atoms with Gasteiger partial charge < -0.3 is 5.73 Å². The molecule has 2 heteroatoms. The third kappa shape index (κ3) is 2.42. The van der Waals surface area contributed by atoms with E-state index < -0.39 is 0 Å². The molecule has 0 unspecified atom stereocenters. The Morgan fingerprint density at radius 3 is 2.73 bits per heavy atom. The zero-order valence-electron chi connectivity index (χ0n) is 8.56. The smallest absolute Gasteiger partial charge is 0.0702 e. The first-order valence-corrected chi connectivity index (χ1v) is 5.10. The van der Waals surface area contributed by atoms with Gasteiger partial charge in [-0.25, -0.2) is 0 Å². The van der Waals surface area contributed by atoms with E-state index in [4.69, 9.17) is 5.73 Å². The molecular weight excluding hydrogens is 184 g/mol. The molecule has 0 aliphatic rings. The van der Waals surface area contributed by atoms with Crippen LogP contribution in [0.4, 0.5) is 0 Å². The SMILES string of the molecule is NCCc1cccc(-c2ccccn2)c1. The normalized spacial score (nSPS) is 10.2. The largest absolute Gasteiger partial charge is 0.330 e. The van der Waals surface area contributed by atoms with Crippen LogP contribution >= 0.6 is 0 Å². The molecule has 2 nitrogen and oxygen atoms in total. The van der Waals surface area contributed by atoms with E-state index in [1.54, 1.807) is 0 Å². The minimum atomic E-state index is 0.686. The Morgan fingerprint density at radius 2 is 2.00 bits per heavy atom. The zero-order chi connectivity index (χ0) is 10.5. The Labute approximate surface area is 89.8 Å². The number of hydrogen-bond acceptors (Lipinski definition) is 2. The van der Waals surface area contributed by atoms with E-state index in [0.717, 1.165) is 17.7 Å². The predicted molar refractivity (Wildman–Crippen MR) is 62.4 cm³/mol. The van der Waals surface area contributed by atoms with Crippen molar-refractivity contribution in [3.8, 4) is 11.3 Å². The maximum absolute atomic E-state index is 5.53. The van der Waals surface area contributed by atoms with E-state index in [1.807, 2.05) is 24.4 Å². The molecule has 0 radical (unpaired) electrons. The molecule has 0 amide bonds. The topological polar surface area (TPSA) is 38.9 Å². The van der Waals surface area contributed by atoms with Crippen molar-refractivity contribution in [3.05, 3.63) is 54.2 Å². The van der Waals surface area contributed by atoms with Crippen LogP contribution in [0.3, 0.4) is 0 Å². The minimum Gasteiger partial charge on any atom is -0.330 e. The van der Waals surface area contributed by atoms with Gasteiger partial charge in [-0.05, 0) is 36.7 Å². The number of pyridine rings is 1. The lowest BCUT2D eigenvalue weighted by Crippen LogP contribution is -2.02. The summed E-state index contributed by atoms with van der Waals surface area (Å²) in [5.41, 5.74) is 8.96. The highest BCUT2D eigenvalue weighted by atomic mass is 14.7. The van der Waals surface area contributed by atoms with Gasteiger partial charge in [-0.3, -0.25) is 4.98 Å². The van der Waals surface area contributed by atoms with E-state index in [9.17, 15) is 0 Å². The van der Waals surface area contributed by atoms with Crippen LogP contribution in [-0.2, 0) is 6.42 Å². The van der Waals surface area contributed by atoms with Gasteiger partial charge in [0.1, 0.15) is 0 Å². The molecule has 76 valence electrons. The highest BCUT2D eigenvalue weighted by Gasteiger charge is 1.98. The van der Waals surface area contributed by atoms with Crippen molar-refractivity contribution < 1.29 is 0 Å². The van der Waals surface area contributed by atoms with Gasteiger partial charge in [0.25, 0.3) is 0 Å². The Balaban J connectivity index is 2.33. The van der Waals surface area contributed by atoms with Crippen molar-refractivity contribution in [2.24, 2.45) is 5.73 Å². The van der Waals surface area contributed by atoms with Crippen molar-refractivity contribution in [2.75, 3.05) is 6.54 Å². The van der Waals surface area contributed by atoms with Gasteiger partial charge in [0.15, 0.2) is 0 Å². The van der Waals surface area contributed by atoms with Gasteiger partial charge in [0.05, 0.1) is 5.69 Å². The second-order valence-electron chi connectivity index (χ2n) is 3.45. The first kappa shape index (κ1) is 9.87. The molecular formula is C13H14N2. The van der Waals surface area contributed by atoms with Gasteiger partial charge in [0.2, 0.25) is 0 Å². The number of nitrogens with two attached hydrogens (primary N) is 1. The second-order valence-corrected chi connectivity index (χ2v) is 3.45. The van der Waals surface area contributed by atoms with Crippen LogP contribution in [-0.4, -0.2) is 11.5 Å². The average molecular weight is 198 g/mol. The van der Waals surface area contributed by atoms with Crippen molar-refractivity contribution in [1.29, 1.82) is 0 Å². The third-order valence-electron chi connectivity index (χ3n) is 2.32. The molecule has 15 heavy (non-hydrogen) atoms. The molecule has 2 N–H and O–H groups in total. The Bertz CT molecular complexity index is 424. The van der Waals surface area contributed by atoms with Crippen molar-refractivity contribution in [2.45, 2.75) is 6.42 Å². The number of aromatic nitrogens is 1. The van der Waals surface area contributed by atoms with Crippen LogP contribution in [0, 0.1) is 0 Å². The Hall–Kier alpha value is -1.67. The summed E-state index contributed by atoms with van der Waals surface area (Å²) >= 11 is 0. The van der Waals surface area contributed by atoms with Crippen molar-refractivity contribution in [3.63, 3.8) is 0 Å². The lowest BCUT2D eigenvalue weighted by atomic mass is 10.1. The second kappa shape index (κ2) is 4.71. The highest BCUT2D eigenvalue weighted by Crippen LogP contribution is 2.17. The lowest BCUT2D eigenvalue weighted by Gasteiger charge is -2.03. The van der Waals surface area contributed by atoms with E-state index in [0.29, 0.717) is 6.54 Å². The first-order chi connectivity index (χ1) is 7.40. The van der Waals surface area contributed by atoms with E-state index in [2.05, 4.69) is 29.2 Å². The van der Waals surface area contributed by atoms with Gasteiger partial charge in [-0.2, -0.15) is 0 Å². The Kier molecular flexibility index (Phi) is 3.10. The molecule has 0 saturated heterocycles. The molecule has 0 bridgehead atoms.